The zero-order valence-corrected chi connectivity index (χ0v) is 20.2. The lowest BCUT2D eigenvalue weighted by atomic mass is 9.80. The van der Waals surface area contributed by atoms with E-state index in [9.17, 15) is 5.11 Å². The molecule has 8 heteroatoms. The van der Waals surface area contributed by atoms with E-state index in [2.05, 4.69) is 28.5 Å². The molecule has 1 atom stereocenters. The largest absolute Gasteiger partial charge is 0.506 e. The third kappa shape index (κ3) is 3.34. The Morgan fingerprint density at radius 1 is 0.867 bits per heavy atom. The molecule has 2 aromatic carbocycles. The highest BCUT2D eigenvalue weighted by atomic mass is 35.5. The van der Waals surface area contributed by atoms with Gasteiger partial charge in [-0.3, -0.25) is 4.90 Å². The van der Waals surface area contributed by atoms with Gasteiger partial charge in [-0.1, -0.05) is 46.4 Å². The van der Waals surface area contributed by atoms with Crippen molar-refractivity contribution >= 4 is 46.4 Å². The van der Waals surface area contributed by atoms with Gasteiger partial charge in [0.05, 0.1) is 18.9 Å². The zero-order chi connectivity index (χ0) is 22.0. The molecule has 30 heavy (non-hydrogen) atoms. The summed E-state index contributed by atoms with van der Waals surface area (Å²) >= 11 is 25.1. The van der Waals surface area contributed by atoms with Crippen molar-refractivity contribution in [1.29, 1.82) is 0 Å². The first kappa shape index (κ1) is 21.9. The van der Waals surface area contributed by atoms with Crippen LogP contribution in [0.2, 0.25) is 20.1 Å². The number of halogens is 4. The predicted octanol–water partition coefficient (Wildman–Crippen LogP) is 6.66. The Morgan fingerprint density at radius 3 is 1.90 bits per heavy atom. The third-order valence-electron chi connectivity index (χ3n) is 6.16. The highest BCUT2D eigenvalue weighted by Crippen LogP contribution is 2.53. The molecule has 1 N–H and O–H groups in total. The molecular formula is C22H23Cl4N3O. The fourth-order valence-corrected chi connectivity index (χ4v) is 5.39. The van der Waals surface area contributed by atoms with Crippen molar-refractivity contribution in [1.82, 2.24) is 14.7 Å². The molecule has 4 rings (SSSR count). The lowest BCUT2D eigenvalue weighted by Crippen LogP contribution is -2.68. The van der Waals surface area contributed by atoms with Crippen molar-refractivity contribution in [3.8, 4) is 0 Å². The van der Waals surface area contributed by atoms with Crippen LogP contribution in [0.3, 0.4) is 0 Å². The van der Waals surface area contributed by atoms with Gasteiger partial charge in [-0.25, -0.2) is 0 Å². The lowest BCUT2D eigenvalue weighted by molar-refractivity contribution is -0.107. The van der Waals surface area contributed by atoms with Crippen LogP contribution in [0.4, 0.5) is 0 Å². The summed E-state index contributed by atoms with van der Waals surface area (Å²) in [6.07, 6.45) is 0. The predicted molar refractivity (Wildman–Crippen MR) is 124 cm³/mol. The standard InChI is InChI=1S/C22H23Cl4N3O/c1-21(2,13-5-15(23)9-16(24)6-13)28-11-27(4)12-29-20(28)19(30)22(29,3)14-7-17(25)10-18(26)8-14/h5-10,30H,11-12H2,1-4H3. The summed E-state index contributed by atoms with van der Waals surface area (Å²) in [5.74, 6) is 1.07. The monoisotopic (exact) mass is 485 g/mol. The highest BCUT2D eigenvalue weighted by Gasteiger charge is 2.56. The zero-order valence-electron chi connectivity index (χ0n) is 17.2. The van der Waals surface area contributed by atoms with Crippen LogP contribution >= 0.6 is 46.4 Å². The Balaban J connectivity index is 1.82. The van der Waals surface area contributed by atoms with E-state index in [4.69, 9.17) is 46.4 Å². The molecule has 0 spiro atoms. The number of benzene rings is 2. The average molecular weight is 487 g/mol. The van der Waals surface area contributed by atoms with Gasteiger partial charge in [0.15, 0.2) is 5.76 Å². The third-order valence-corrected chi connectivity index (χ3v) is 7.03. The normalized spacial score (nSPS) is 22.3. The van der Waals surface area contributed by atoms with Gasteiger partial charge in [-0.15, -0.1) is 0 Å². The molecule has 0 aromatic heterocycles. The van der Waals surface area contributed by atoms with E-state index in [0.29, 0.717) is 33.4 Å². The number of fused-ring (bicyclic) bond motifs is 1. The van der Waals surface area contributed by atoms with Gasteiger partial charge < -0.3 is 14.9 Å². The number of aliphatic hydroxyl groups is 1. The van der Waals surface area contributed by atoms with Crippen LogP contribution in [0.1, 0.15) is 31.9 Å². The molecule has 4 nitrogen and oxygen atoms in total. The Morgan fingerprint density at radius 2 is 1.37 bits per heavy atom. The van der Waals surface area contributed by atoms with Crippen LogP contribution in [-0.4, -0.2) is 40.2 Å². The first-order chi connectivity index (χ1) is 13.9. The first-order valence-electron chi connectivity index (χ1n) is 9.55. The van der Waals surface area contributed by atoms with E-state index in [0.717, 1.165) is 16.9 Å². The molecule has 0 bridgehead atoms. The molecular weight excluding hydrogens is 464 g/mol. The minimum atomic E-state index is -0.723. The van der Waals surface area contributed by atoms with Crippen LogP contribution in [0.25, 0.3) is 0 Å². The maximum Gasteiger partial charge on any atom is 0.163 e. The summed E-state index contributed by atoms with van der Waals surface area (Å²) in [5, 5.41) is 13.6. The van der Waals surface area contributed by atoms with E-state index >= 15 is 0 Å². The molecule has 1 fully saturated rings. The molecule has 0 amide bonds. The number of nitrogens with zero attached hydrogens (tertiary/aromatic N) is 3. The molecule has 2 heterocycles. The van der Waals surface area contributed by atoms with Gasteiger partial charge >= 0.3 is 0 Å². The molecule has 1 unspecified atom stereocenters. The van der Waals surface area contributed by atoms with Crippen molar-refractivity contribution in [3.63, 3.8) is 0 Å². The SMILES string of the molecule is CN1CN(C(C)(C)c2cc(Cl)cc(Cl)c2)C2=C(O)C(C)(c3cc(Cl)cc(Cl)c3)N2C1. The van der Waals surface area contributed by atoms with Crippen molar-refractivity contribution in [2.24, 2.45) is 0 Å². The minimum absolute atomic E-state index is 0.287. The lowest BCUT2D eigenvalue weighted by Gasteiger charge is -2.62. The highest BCUT2D eigenvalue weighted by molar-refractivity contribution is 6.35. The second-order valence-electron chi connectivity index (χ2n) is 8.61. The van der Waals surface area contributed by atoms with Crippen molar-refractivity contribution < 1.29 is 5.11 Å². The molecule has 160 valence electrons. The Bertz CT molecular complexity index is 1010. The molecule has 0 radical (unpaired) electrons. The number of hydrogen-bond donors (Lipinski definition) is 1. The Hall–Kier alpha value is -1.30. The number of rotatable bonds is 3. The molecule has 0 saturated carbocycles. The van der Waals surface area contributed by atoms with E-state index in [1.807, 2.05) is 38.2 Å². The second kappa shape index (κ2) is 7.39. The van der Waals surface area contributed by atoms with Gasteiger partial charge in [0, 0.05) is 20.1 Å². The van der Waals surface area contributed by atoms with Crippen molar-refractivity contribution in [2.45, 2.75) is 31.8 Å². The molecule has 2 aliphatic heterocycles. The Labute approximate surface area is 197 Å². The molecule has 0 aliphatic carbocycles. The van der Waals surface area contributed by atoms with Gasteiger partial charge in [0.2, 0.25) is 0 Å². The van der Waals surface area contributed by atoms with Gasteiger partial charge in [-0.05, 0) is 75.3 Å². The summed E-state index contributed by atoms with van der Waals surface area (Å²) in [4.78, 5) is 6.53. The van der Waals surface area contributed by atoms with E-state index < -0.39 is 11.1 Å². The van der Waals surface area contributed by atoms with Crippen LogP contribution in [0.15, 0.2) is 48.0 Å². The fraction of sp³-hybridized carbons (Fsp3) is 0.364. The fourth-order valence-electron chi connectivity index (χ4n) is 4.34. The van der Waals surface area contributed by atoms with Crippen molar-refractivity contribution in [2.75, 3.05) is 20.4 Å². The van der Waals surface area contributed by atoms with E-state index in [-0.39, 0.29) is 5.76 Å². The topological polar surface area (TPSA) is 30.0 Å². The van der Waals surface area contributed by atoms with E-state index in [1.54, 1.807) is 12.1 Å². The van der Waals surface area contributed by atoms with E-state index in [1.165, 1.54) is 0 Å². The summed E-state index contributed by atoms with van der Waals surface area (Å²) in [7, 11) is 2.05. The van der Waals surface area contributed by atoms with Crippen LogP contribution in [0, 0.1) is 0 Å². The number of hydrogen-bond acceptors (Lipinski definition) is 4. The van der Waals surface area contributed by atoms with Gasteiger partial charge in [0.25, 0.3) is 0 Å². The average Bonchev–Trinajstić information content (AvgIpc) is 2.64. The maximum absolute atomic E-state index is 11.3. The molecule has 2 aliphatic rings. The molecule has 2 aromatic rings. The van der Waals surface area contributed by atoms with Crippen LogP contribution < -0.4 is 0 Å². The van der Waals surface area contributed by atoms with Crippen LogP contribution in [-0.2, 0) is 11.1 Å². The quantitative estimate of drug-likeness (QED) is 0.525. The van der Waals surface area contributed by atoms with Gasteiger partial charge in [-0.2, -0.15) is 0 Å². The van der Waals surface area contributed by atoms with Gasteiger partial charge in [0.1, 0.15) is 11.4 Å². The minimum Gasteiger partial charge on any atom is -0.506 e. The second-order valence-corrected chi connectivity index (χ2v) is 10.4. The summed E-state index contributed by atoms with van der Waals surface area (Å²) in [6, 6.07) is 10.9. The van der Waals surface area contributed by atoms with Crippen molar-refractivity contribution in [3.05, 3.63) is 79.2 Å². The smallest absolute Gasteiger partial charge is 0.163 e. The number of aliphatic hydroxyl groups excluding tert-OH is 1. The molecule has 1 saturated heterocycles. The first-order valence-corrected chi connectivity index (χ1v) is 11.1. The van der Waals surface area contributed by atoms with Crippen LogP contribution in [0.5, 0.6) is 0 Å². The summed E-state index contributed by atoms with van der Waals surface area (Å²) in [5.41, 5.74) is 0.617. The maximum atomic E-state index is 11.3. The summed E-state index contributed by atoms with van der Waals surface area (Å²) < 4.78 is 0. The Kier molecular flexibility index (Phi) is 5.40. The summed E-state index contributed by atoms with van der Waals surface area (Å²) in [6.45, 7) is 7.47.